The molecular formula is C20H25N3O4. The van der Waals surface area contributed by atoms with E-state index in [1.165, 1.54) is 0 Å². The van der Waals surface area contributed by atoms with E-state index in [1.807, 2.05) is 18.2 Å². The average Bonchev–Trinajstić information content (AvgIpc) is 2.68. The molecule has 0 aromatic carbocycles. The molecule has 0 radical (unpaired) electrons. The summed E-state index contributed by atoms with van der Waals surface area (Å²) in [7, 11) is 0. The van der Waals surface area contributed by atoms with Gasteiger partial charge >= 0.3 is 5.63 Å². The highest BCUT2D eigenvalue weighted by molar-refractivity contribution is 5.95. The number of nitrogens with one attached hydrogen (secondary N) is 2. The molecule has 0 unspecified atom stereocenters. The van der Waals surface area contributed by atoms with Gasteiger partial charge in [-0.25, -0.2) is 4.79 Å². The lowest BCUT2D eigenvalue weighted by molar-refractivity contribution is 0.0795. The van der Waals surface area contributed by atoms with E-state index in [9.17, 15) is 9.59 Å². The highest BCUT2D eigenvalue weighted by atomic mass is 16.5. The zero-order chi connectivity index (χ0) is 19.1. The Morgan fingerprint density at radius 2 is 2.11 bits per heavy atom. The molecule has 7 nitrogen and oxygen atoms in total. The summed E-state index contributed by atoms with van der Waals surface area (Å²) in [4.78, 5) is 28.8. The summed E-state index contributed by atoms with van der Waals surface area (Å²) in [5.74, 6) is 0.444. The number of carbonyl (C=O) groups excluding carboxylic acids is 1. The van der Waals surface area contributed by atoms with Gasteiger partial charge in [0.25, 0.3) is 5.91 Å². The Bertz CT molecular complexity index is 814. The molecule has 7 heteroatoms. The Kier molecular flexibility index (Phi) is 6.59. The van der Waals surface area contributed by atoms with E-state index in [0.29, 0.717) is 37.6 Å². The molecule has 1 amide bonds. The van der Waals surface area contributed by atoms with E-state index in [0.717, 1.165) is 24.9 Å². The average molecular weight is 371 g/mol. The first-order valence-corrected chi connectivity index (χ1v) is 9.29. The Hall–Kier alpha value is -2.67. The summed E-state index contributed by atoms with van der Waals surface area (Å²) in [5, 5.41) is 6.01. The number of ether oxygens (including phenoxy) is 1. The van der Waals surface area contributed by atoms with Gasteiger partial charge in [-0.15, -0.1) is 0 Å². The van der Waals surface area contributed by atoms with E-state index < -0.39 is 5.63 Å². The predicted octanol–water partition coefficient (Wildman–Crippen LogP) is 2.47. The van der Waals surface area contributed by atoms with Crippen molar-refractivity contribution in [2.75, 3.05) is 31.6 Å². The largest absolute Gasteiger partial charge is 0.427 e. The first kappa shape index (κ1) is 19.1. The van der Waals surface area contributed by atoms with Crippen LogP contribution in [0, 0.1) is 6.92 Å². The number of hydrogen-bond acceptors (Lipinski definition) is 6. The molecule has 1 fully saturated rings. The van der Waals surface area contributed by atoms with Crippen LogP contribution in [0.4, 0.5) is 5.69 Å². The number of amides is 1. The normalized spacial score (nSPS) is 14.7. The summed E-state index contributed by atoms with van der Waals surface area (Å²) in [6.45, 7) is 4.28. The molecule has 27 heavy (non-hydrogen) atoms. The van der Waals surface area contributed by atoms with E-state index in [1.54, 1.807) is 19.3 Å². The van der Waals surface area contributed by atoms with Gasteiger partial charge in [-0.3, -0.25) is 9.78 Å². The van der Waals surface area contributed by atoms with Gasteiger partial charge in [0.05, 0.1) is 5.69 Å². The van der Waals surface area contributed by atoms with E-state index in [-0.39, 0.29) is 17.4 Å². The number of anilines is 1. The fourth-order valence-electron chi connectivity index (χ4n) is 3.17. The molecule has 144 valence electrons. The quantitative estimate of drug-likeness (QED) is 0.726. The third-order valence-electron chi connectivity index (χ3n) is 4.65. The van der Waals surface area contributed by atoms with Crippen LogP contribution in [0.5, 0.6) is 0 Å². The minimum absolute atomic E-state index is 0.0889. The van der Waals surface area contributed by atoms with Gasteiger partial charge in [-0.1, -0.05) is 0 Å². The predicted molar refractivity (Wildman–Crippen MR) is 102 cm³/mol. The fraction of sp³-hybridized carbons (Fsp3) is 0.450. The standard InChI is InChI=1S/C20H25N3O4/c1-14-12-17(15-5-10-26-11-6-15)27-20(25)18(14)19(24)23-9-3-8-22-16-4-2-7-21-13-16/h2,4,7,12-13,15,22H,3,5-6,8-11H2,1H3,(H,23,24). The van der Waals surface area contributed by atoms with Gasteiger partial charge in [-0.2, -0.15) is 0 Å². The molecule has 1 saturated heterocycles. The van der Waals surface area contributed by atoms with Crippen molar-refractivity contribution < 1.29 is 13.9 Å². The number of pyridine rings is 1. The number of aryl methyl sites for hydroxylation is 1. The second-order valence-electron chi connectivity index (χ2n) is 6.66. The van der Waals surface area contributed by atoms with Gasteiger partial charge in [0, 0.05) is 44.6 Å². The molecule has 2 aromatic heterocycles. The Labute approximate surface area is 158 Å². The minimum atomic E-state index is -0.567. The third-order valence-corrected chi connectivity index (χ3v) is 4.65. The lowest BCUT2D eigenvalue weighted by Crippen LogP contribution is -2.31. The zero-order valence-corrected chi connectivity index (χ0v) is 15.5. The highest BCUT2D eigenvalue weighted by Crippen LogP contribution is 2.27. The molecule has 2 aromatic rings. The smallest absolute Gasteiger partial charge is 0.349 e. The number of aromatic nitrogens is 1. The van der Waals surface area contributed by atoms with E-state index >= 15 is 0 Å². The van der Waals surface area contributed by atoms with Crippen LogP contribution in [0.25, 0.3) is 0 Å². The van der Waals surface area contributed by atoms with Gasteiger partial charge in [-0.05, 0) is 49.9 Å². The molecule has 1 aliphatic rings. The molecule has 0 atom stereocenters. The molecule has 2 N–H and O–H groups in total. The Morgan fingerprint density at radius 3 is 2.81 bits per heavy atom. The fourth-order valence-corrected chi connectivity index (χ4v) is 3.17. The molecule has 0 bridgehead atoms. The Balaban J connectivity index is 1.52. The number of hydrogen-bond donors (Lipinski definition) is 2. The molecule has 3 rings (SSSR count). The number of carbonyl (C=O) groups is 1. The van der Waals surface area contributed by atoms with Crippen molar-refractivity contribution in [1.29, 1.82) is 0 Å². The molecular weight excluding hydrogens is 346 g/mol. The van der Waals surface area contributed by atoms with Crippen molar-refractivity contribution in [3.63, 3.8) is 0 Å². The van der Waals surface area contributed by atoms with Crippen molar-refractivity contribution in [3.05, 3.63) is 57.9 Å². The van der Waals surface area contributed by atoms with Crippen molar-refractivity contribution in [2.24, 2.45) is 0 Å². The lowest BCUT2D eigenvalue weighted by Gasteiger charge is -2.21. The van der Waals surface area contributed by atoms with Crippen molar-refractivity contribution >= 4 is 11.6 Å². The molecule has 1 aliphatic heterocycles. The zero-order valence-electron chi connectivity index (χ0n) is 15.5. The molecule has 0 saturated carbocycles. The summed E-state index contributed by atoms with van der Waals surface area (Å²) in [5.41, 5.74) is 1.11. The maximum atomic E-state index is 12.4. The van der Waals surface area contributed by atoms with Gasteiger partial charge in [0.1, 0.15) is 11.3 Å². The van der Waals surface area contributed by atoms with Crippen LogP contribution in [-0.4, -0.2) is 37.2 Å². The van der Waals surface area contributed by atoms with Gasteiger partial charge in [0.15, 0.2) is 0 Å². The maximum absolute atomic E-state index is 12.4. The molecule has 0 spiro atoms. The van der Waals surface area contributed by atoms with Crippen LogP contribution in [0.3, 0.4) is 0 Å². The first-order valence-electron chi connectivity index (χ1n) is 9.29. The topological polar surface area (TPSA) is 93.5 Å². The van der Waals surface area contributed by atoms with Crippen LogP contribution in [0.1, 0.15) is 46.9 Å². The monoisotopic (exact) mass is 371 g/mol. The Morgan fingerprint density at radius 1 is 1.30 bits per heavy atom. The lowest BCUT2D eigenvalue weighted by atomic mass is 9.95. The third kappa shape index (κ3) is 5.17. The van der Waals surface area contributed by atoms with Crippen molar-refractivity contribution in [2.45, 2.75) is 32.1 Å². The van der Waals surface area contributed by atoms with Gasteiger partial charge in [0.2, 0.25) is 0 Å². The minimum Gasteiger partial charge on any atom is -0.427 e. The van der Waals surface area contributed by atoms with Crippen LogP contribution >= 0.6 is 0 Å². The molecule has 0 aliphatic carbocycles. The van der Waals surface area contributed by atoms with E-state index in [2.05, 4.69) is 15.6 Å². The van der Waals surface area contributed by atoms with Gasteiger partial charge < -0.3 is 19.8 Å². The number of nitrogens with zero attached hydrogens (tertiary/aromatic N) is 1. The molecule has 3 heterocycles. The van der Waals surface area contributed by atoms with Crippen LogP contribution in [0.15, 0.2) is 39.8 Å². The number of rotatable bonds is 7. The van der Waals surface area contributed by atoms with Crippen molar-refractivity contribution in [3.8, 4) is 0 Å². The van der Waals surface area contributed by atoms with E-state index in [4.69, 9.17) is 9.15 Å². The summed E-state index contributed by atoms with van der Waals surface area (Å²) >= 11 is 0. The summed E-state index contributed by atoms with van der Waals surface area (Å²) in [6, 6.07) is 5.60. The summed E-state index contributed by atoms with van der Waals surface area (Å²) < 4.78 is 10.8. The first-order chi connectivity index (χ1) is 13.1. The van der Waals surface area contributed by atoms with Crippen molar-refractivity contribution in [1.82, 2.24) is 10.3 Å². The SMILES string of the molecule is Cc1cc(C2CCOCC2)oc(=O)c1C(=O)NCCCNc1cccnc1. The van der Waals surface area contributed by atoms with Crippen LogP contribution in [0.2, 0.25) is 0 Å². The summed E-state index contributed by atoms with van der Waals surface area (Å²) in [6.07, 6.45) is 5.85. The maximum Gasteiger partial charge on any atom is 0.349 e. The van der Waals surface area contributed by atoms with Crippen LogP contribution in [-0.2, 0) is 4.74 Å². The second kappa shape index (κ2) is 9.32. The van der Waals surface area contributed by atoms with Crippen LogP contribution < -0.4 is 16.3 Å². The highest BCUT2D eigenvalue weighted by Gasteiger charge is 2.22. The second-order valence-corrected chi connectivity index (χ2v) is 6.66.